The van der Waals surface area contributed by atoms with Crippen LogP contribution in [-0.4, -0.2) is 0 Å². The Hall–Kier alpha value is -1.24. The van der Waals surface area contributed by atoms with Crippen LogP contribution in [0.4, 0.5) is 0 Å². The van der Waals surface area contributed by atoms with Crippen molar-refractivity contribution in [1.82, 2.24) is 0 Å². The Labute approximate surface area is 105 Å². The van der Waals surface area contributed by atoms with Crippen molar-refractivity contribution in [3.8, 4) is 5.75 Å². The third-order valence-corrected chi connectivity index (χ3v) is 2.92. The highest BCUT2D eigenvalue weighted by Gasteiger charge is 2.30. The van der Waals surface area contributed by atoms with Gasteiger partial charge in [-0.15, -0.1) is 0 Å². The summed E-state index contributed by atoms with van der Waals surface area (Å²) in [5, 5.41) is 12.2. The molecule has 0 spiro atoms. The molecule has 0 aliphatic heterocycles. The van der Waals surface area contributed by atoms with Gasteiger partial charge in [-0.2, -0.15) is 0 Å². The number of rotatable bonds is 1. The molecule has 0 N–H and O–H groups in total. The molecule has 1 nitrogen and oxygen atoms in total. The van der Waals surface area contributed by atoms with Gasteiger partial charge in [-0.05, 0) is 28.0 Å². The Morgan fingerprint density at radius 3 is 1.76 bits per heavy atom. The topological polar surface area (TPSA) is 19.9 Å². The van der Waals surface area contributed by atoms with E-state index < -0.39 is 0 Å². The third-order valence-electron chi connectivity index (χ3n) is 2.92. The molecule has 1 heteroatoms. The lowest BCUT2D eigenvalue weighted by Gasteiger charge is -2.31. The first-order valence-electron chi connectivity index (χ1n) is 6.06. The molecular weight excluding hydrogens is 208 g/mol. The number of benzene rings is 1. The lowest BCUT2D eigenvalue weighted by molar-refractivity contribution is 0.337. The van der Waals surface area contributed by atoms with Crippen molar-refractivity contribution in [2.45, 2.75) is 52.4 Å². The minimum absolute atomic E-state index is 0.0491. The second-order valence-electron chi connectivity index (χ2n) is 6.61. The predicted molar refractivity (Wildman–Crippen MR) is 74.1 cm³/mol. The zero-order valence-corrected chi connectivity index (χ0v) is 11.8. The van der Waals surface area contributed by atoms with E-state index in [9.17, 15) is 5.11 Å². The van der Waals surface area contributed by atoms with Gasteiger partial charge in [-0.1, -0.05) is 60.3 Å². The van der Waals surface area contributed by atoms with E-state index in [1.54, 1.807) is 6.07 Å². The third kappa shape index (κ3) is 2.71. The van der Waals surface area contributed by atoms with E-state index in [1.807, 2.05) is 12.1 Å². The van der Waals surface area contributed by atoms with Gasteiger partial charge in [0.25, 0.3) is 0 Å². The van der Waals surface area contributed by atoms with Crippen LogP contribution >= 0.6 is 0 Å². The zero-order valence-electron chi connectivity index (χ0n) is 11.8. The first-order valence-corrected chi connectivity index (χ1v) is 6.06. The van der Waals surface area contributed by atoms with E-state index in [0.29, 0.717) is 0 Å². The van der Waals surface area contributed by atoms with Crippen LogP contribution in [0.5, 0.6) is 5.75 Å². The van der Waals surface area contributed by atoms with Crippen molar-refractivity contribution in [2.75, 3.05) is 0 Å². The van der Waals surface area contributed by atoms with Crippen LogP contribution in [0.1, 0.15) is 58.2 Å². The van der Waals surface area contributed by atoms with Crippen LogP contribution in [-0.2, 0) is 15.9 Å². The molecule has 0 bridgehead atoms. The molecule has 0 atom stereocenters. The summed E-state index contributed by atoms with van der Waals surface area (Å²) in [6.45, 7) is 16.6. The van der Waals surface area contributed by atoms with Gasteiger partial charge >= 0.3 is 0 Å². The Morgan fingerprint density at radius 2 is 1.41 bits per heavy atom. The van der Waals surface area contributed by atoms with Crippen molar-refractivity contribution in [1.29, 1.82) is 0 Å². The summed E-state index contributed by atoms with van der Waals surface area (Å²) in [4.78, 5) is 0. The summed E-state index contributed by atoms with van der Waals surface area (Å²) in [7, 11) is 0. The fourth-order valence-corrected chi connectivity index (χ4v) is 2.32. The predicted octanol–water partition coefficient (Wildman–Crippen LogP) is 5.07. The molecule has 0 amide bonds. The molecule has 0 saturated carbocycles. The van der Waals surface area contributed by atoms with E-state index in [4.69, 9.17) is 0 Å². The van der Waals surface area contributed by atoms with Crippen molar-refractivity contribution in [2.24, 2.45) is 0 Å². The Balaban J connectivity index is 3.73. The molecule has 17 heavy (non-hydrogen) atoms. The maximum atomic E-state index is 12.2. The van der Waals surface area contributed by atoms with E-state index in [1.165, 1.54) is 0 Å². The summed E-state index contributed by atoms with van der Waals surface area (Å²) in [5.74, 6) is 0.132. The van der Waals surface area contributed by atoms with Crippen molar-refractivity contribution in [3.05, 3.63) is 35.4 Å². The maximum Gasteiger partial charge on any atom is 0.182 e. The van der Waals surface area contributed by atoms with Gasteiger partial charge in [-0.3, -0.25) is 5.11 Å². The number of hydrogen-bond donors (Lipinski definition) is 0. The summed E-state index contributed by atoms with van der Waals surface area (Å²) >= 11 is 0. The van der Waals surface area contributed by atoms with E-state index >= 15 is 0 Å². The molecule has 0 fully saturated rings. The highest BCUT2D eigenvalue weighted by atomic mass is 16.3. The smallest absolute Gasteiger partial charge is 0.182 e. The average Bonchev–Trinajstić information content (AvgIpc) is 2.13. The van der Waals surface area contributed by atoms with Gasteiger partial charge < -0.3 is 0 Å². The van der Waals surface area contributed by atoms with Crippen LogP contribution < -0.4 is 0 Å². The molecule has 0 heterocycles. The minimum atomic E-state index is -0.140. The first-order chi connectivity index (χ1) is 7.59. The van der Waals surface area contributed by atoms with Gasteiger partial charge in [0.2, 0.25) is 0 Å². The second kappa shape index (κ2) is 4.21. The zero-order chi connectivity index (χ0) is 13.4. The molecule has 1 radical (unpaired) electrons. The summed E-state index contributed by atoms with van der Waals surface area (Å²) in [6.07, 6.45) is 1.84. The highest BCUT2D eigenvalue weighted by molar-refractivity contribution is 5.61. The van der Waals surface area contributed by atoms with Gasteiger partial charge in [0.15, 0.2) is 5.75 Å². The van der Waals surface area contributed by atoms with E-state index in [-0.39, 0.29) is 16.6 Å². The van der Waals surface area contributed by atoms with E-state index in [2.05, 4.69) is 48.1 Å². The normalized spacial score (nSPS) is 12.6. The highest BCUT2D eigenvalue weighted by Crippen LogP contribution is 2.41. The molecule has 0 aliphatic rings. The Bertz CT molecular complexity index is 428. The molecular formula is C16H23O. The van der Waals surface area contributed by atoms with Crippen LogP contribution in [0, 0.1) is 0 Å². The molecule has 0 aromatic heterocycles. The quantitative estimate of drug-likeness (QED) is 0.643. The largest absolute Gasteiger partial charge is 0.290 e. The van der Waals surface area contributed by atoms with Crippen LogP contribution in [0.3, 0.4) is 0 Å². The molecule has 0 saturated heterocycles. The second-order valence-corrected chi connectivity index (χ2v) is 6.61. The summed E-state index contributed by atoms with van der Waals surface area (Å²) in [5.41, 5.74) is 2.93. The molecule has 1 rings (SSSR count). The fraction of sp³-hybridized carbons (Fsp3) is 0.500. The lowest BCUT2D eigenvalue weighted by Crippen LogP contribution is -2.23. The SMILES string of the molecule is C=Cc1ccc([O])c(C(C)(C)C)c1C(C)(C)C. The van der Waals surface area contributed by atoms with Crippen LogP contribution in [0.15, 0.2) is 18.7 Å². The summed E-state index contributed by atoms with van der Waals surface area (Å²) < 4.78 is 0. The average molecular weight is 231 g/mol. The van der Waals surface area contributed by atoms with Crippen molar-refractivity contribution < 1.29 is 5.11 Å². The maximum absolute atomic E-state index is 12.2. The molecule has 0 unspecified atom stereocenters. The van der Waals surface area contributed by atoms with E-state index in [0.717, 1.165) is 16.7 Å². The standard InChI is InChI=1S/C16H23O/c1-8-11-9-10-12(17)14(16(5,6)7)13(11)15(2,3)4/h8-10H,1H2,2-7H3. The Morgan fingerprint density at radius 1 is 0.941 bits per heavy atom. The van der Waals surface area contributed by atoms with Crippen LogP contribution in [0.25, 0.3) is 6.08 Å². The van der Waals surface area contributed by atoms with Crippen molar-refractivity contribution in [3.63, 3.8) is 0 Å². The molecule has 0 aliphatic carbocycles. The monoisotopic (exact) mass is 231 g/mol. The first kappa shape index (κ1) is 13.8. The molecule has 1 aromatic carbocycles. The molecule has 1 aromatic rings. The fourth-order valence-electron chi connectivity index (χ4n) is 2.32. The van der Waals surface area contributed by atoms with Gasteiger partial charge in [0.05, 0.1) is 0 Å². The Kier molecular flexibility index (Phi) is 3.42. The minimum Gasteiger partial charge on any atom is -0.290 e. The van der Waals surface area contributed by atoms with Gasteiger partial charge in [0, 0.05) is 5.56 Å². The van der Waals surface area contributed by atoms with Crippen molar-refractivity contribution >= 4 is 6.08 Å². The molecule has 93 valence electrons. The number of hydrogen-bond acceptors (Lipinski definition) is 0. The van der Waals surface area contributed by atoms with Gasteiger partial charge in [-0.25, -0.2) is 0 Å². The summed E-state index contributed by atoms with van der Waals surface area (Å²) in [6, 6.07) is 3.54. The van der Waals surface area contributed by atoms with Gasteiger partial charge in [0.1, 0.15) is 0 Å². The lowest BCUT2D eigenvalue weighted by atomic mass is 9.73. The van der Waals surface area contributed by atoms with Crippen LogP contribution in [0.2, 0.25) is 0 Å².